The zero-order valence-electron chi connectivity index (χ0n) is 9.18. The number of nitrogens with one attached hydrogen (secondary N) is 1. The molecule has 0 radical (unpaired) electrons. The third-order valence-electron chi connectivity index (χ3n) is 2.04. The first-order valence-corrected chi connectivity index (χ1v) is 4.98. The van der Waals surface area contributed by atoms with E-state index in [1.54, 1.807) is 0 Å². The highest BCUT2D eigenvalue weighted by Gasteiger charge is 2.33. The molecule has 102 valence electrons. The number of carbonyl (C=O) groups excluding carboxylic acids is 1. The molecular weight excluding hydrogens is 255 g/mol. The quantitative estimate of drug-likeness (QED) is 0.663. The molecule has 0 unspecified atom stereocenters. The van der Waals surface area contributed by atoms with Crippen molar-refractivity contribution in [1.82, 2.24) is 15.1 Å². The summed E-state index contributed by atoms with van der Waals surface area (Å²) in [4.78, 5) is 11.3. The number of amides is 1. The number of carbonyl (C=O) groups is 1. The van der Waals surface area contributed by atoms with Crippen LogP contribution in [-0.4, -0.2) is 45.2 Å². The lowest BCUT2D eigenvalue weighted by Crippen LogP contribution is -2.41. The minimum Gasteiger partial charge on any atom is -0.394 e. The summed E-state index contributed by atoms with van der Waals surface area (Å²) < 4.78 is 37.5. The summed E-state index contributed by atoms with van der Waals surface area (Å²) in [6.45, 7) is -1.35. The predicted molar refractivity (Wildman–Crippen MR) is 53.3 cm³/mol. The standard InChI is InChI=1S/C9H12F3N3O3/c10-9(11,12)7-1-2-15(14-7)3-8(18)13-6(4-16)5-17/h1-2,6,16-17H,3-5H2,(H,13,18). The number of aromatic nitrogens is 2. The van der Waals surface area contributed by atoms with Crippen LogP contribution in [0.15, 0.2) is 12.3 Å². The van der Waals surface area contributed by atoms with E-state index in [4.69, 9.17) is 10.2 Å². The largest absolute Gasteiger partial charge is 0.435 e. The Morgan fingerprint density at radius 3 is 2.50 bits per heavy atom. The number of aliphatic hydroxyl groups is 2. The van der Waals surface area contributed by atoms with Crippen LogP contribution in [0.2, 0.25) is 0 Å². The van der Waals surface area contributed by atoms with Gasteiger partial charge in [0.15, 0.2) is 5.69 Å². The number of hydrogen-bond donors (Lipinski definition) is 3. The molecule has 0 aliphatic carbocycles. The molecule has 6 nitrogen and oxygen atoms in total. The first-order valence-electron chi connectivity index (χ1n) is 4.98. The molecule has 0 aromatic carbocycles. The summed E-state index contributed by atoms with van der Waals surface area (Å²) in [7, 11) is 0. The van der Waals surface area contributed by atoms with Crippen molar-refractivity contribution in [2.75, 3.05) is 13.2 Å². The van der Waals surface area contributed by atoms with Gasteiger partial charge in [0, 0.05) is 6.20 Å². The van der Waals surface area contributed by atoms with Crippen LogP contribution < -0.4 is 5.32 Å². The van der Waals surface area contributed by atoms with Crippen molar-refractivity contribution in [2.45, 2.75) is 18.8 Å². The van der Waals surface area contributed by atoms with E-state index in [0.717, 1.165) is 16.9 Å². The van der Waals surface area contributed by atoms with Gasteiger partial charge >= 0.3 is 6.18 Å². The van der Waals surface area contributed by atoms with Gasteiger partial charge in [0.1, 0.15) is 6.54 Å². The maximum Gasteiger partial charge on any atom is 0.435 e. The van der Waals surface area contributed by atoms with Crippen molar-refractivity contribution in [2.24, 2.45) is 0 Å². The van der Waals surface area contributed by atoms with Crippen LogP contribution in [0.4, 0.5) is 13.2 Å². The van der Waals surface area contributed by atoms with Crippen LogP contribution >= 0.6 is 0 Å². The van der Waals surface area contributed by atoms with Crippen molar-refractivity contribution in [3.63, 3.8) is 0 Å². The molecule has 0 aliphatic rings. The third-order valence-corrected chi connectivity index (χ3v) is 2.04. The molecule has 0 atom stereocenters. The number of alkyl halides is 3. The van der Waals surface area contributed by atoms with Crippen molar-refractivity contribution in [1.29, 1.82) is 0 Å². The van der Waals surface area contributed by atoms with Gasteiger partial charge in [0.25, 0.3) is 0 Å². The van der Waals surface area contributed by atoms with Crippen molar-refractivity contribution in [3.8, 4) is 0 Å². The van der Waals surface area contributed by atoms with Gasteiger partial charge in [0.05, 0.1) is 19.3 Å². The van der Waals surface area contributed by atoms with Crippen molar-refractivity contribution >= 4 is 5.91 Å². The Bertz CT molecular complexity index is 401. The molecule has 1 aromatic heterocycles. The van der Waals surface area contributed by atoms with E-state index in [-0.39, 0.29) is 0 Å². The lowest BCUT2D eigenvalue weighted by Gasteiger charge is -2.13. The fraction of sp³-hybridized carbons (Fsp3) is 0.556. The Balaban J connectivity index is 2.57. The molecule has 0 spiro atoms. The van der Waals surface area contributed by atoms with E-state index < -0.39 is 43.6 Å². The molecule has 0 aliphatic heterocycles. The smallest absolute Gasteiger partial charge is 0.394 e. The lowest BCUT2D eigenvalue weighted by atomic mass is 10.3. The summed E-state index contributed by atoms with van der Waals surface area (Å²) >= 11 is 0. The minimum absolute atomic E-state index is 0.424. The van der Waals surface area contributed by atoms with Crippen LogP contribution in [0.5, 0.6) is 0 Å². The molecule has 0 saturated carbocycles. The van der Waals surface area contributed by atoms with Gasteiger partial charge in [-0.05, 0) is 6.07 Å². The summed E-state index contributed by atoms with van der Waals surface area (Å²) in [5.74, 6) is -0.653. The molecule has 1 heterocycles. The fourth-order valence-corrected chi connectivity index (χ4v) is 1.17. The summed E-state index contributed by atoms with van der Waals surface area (Å²) in [6, 6.07) is -0.0850. The number of hydrogen-bond acceptors (Lipinski definition) is 4. The molecule has 0 bridgehead atoms. The van der Waals surface area contributed by atoms with E-state index in [1.165, 1.54) is 0 Å². The van der Waals surface area contributed by atoms with E-state index >= 15 is 0 Å². The second-order valence-electron chi connectivity index (χ2n) is 3.53. The number of aliphatic hydroxyl groups excluding tert-OH is 2. The molecule has 18 heavy (non-hydrogen) atoms. The number of rotatable bonds is 5. The average Bonchev–Trinajstić information content (AvgIpc) is 2.74. The van der Waals surface area contributed by atoms with Gasteiger partial charge in [-0.15, -0.1) is 0 Å². The van der Waals surface area contributed by atoms with E-state index in [0.29, 0.717) is 0 Å². The SMILES string of the molecule is O=C(Cn1ccc(C(F)(F)F)n1)NC(CO)CO. The highest BCUT2D eigenvalue weighted by Crippen LogP contribution is 2.27. The minimum atomic E-state index is -4.56. The van der Waals surface area contributed by atoms with Gasteiger partial charge in [-0.25, -0.2) is 0 Å². The Hall–Kier alpha value is -1.61. The Kier molecular flexibility index (Phi) is 4.68. The lowest BCUT2D eigenvalue weighted by molar-refractivity contribution is -0.141. The van der Waals surface area contributed by atoms with Gasteiger partial charge in [-0.1, -0.05) is 0 Å². The van der Waals surface area contributed by atoms with Crippen LogP contribution in [0, 0.1) is 0 Å². The molecule has 3 N–H and O–H groups in total. The summed E-state index contributed by atoms with van der Waals surface area (Å²) in [5.41, 5.74) is -1.09. The van der Waals surface area contributed by atoms with Gasteiger partial charge < -0.3 is 15.5 Å². The molecule has 9 heteroatoms. The molecule has 1 amide bonds. The fourth-order valence-electron chi connectivity index (χ4n) is 1.17. The molecular formula is C9H12F3N3O3. The highest BCUT2D eigenvalue weighted by atomic mass is 19.4. The second-order valence-corrected chi connectivity index (χ2v) is 3.53. The second kappa shape index (κ2) is 5.83. The Morgan fingerprint density at radius 2 is 2.06 bits per heavy atom. The van der Waals surface area contributed by atoms with Crippen LogP contribution in [0.1, 0.15) is 5.69 Å². The first kappa shape index (κ1) is 14.5. The first-order chi connectivity index (χ1) is 8.36. The van der Waals surface area contributed by atoms with Gasteiger partial charge in [0.2, 0.25) is 5.91 Å². The maximum absolute atomic E-state index is 12.2. The summed E-state index contributed by atoms with van der Waals surface area (Å²) in [5, 5.41) is 22.8. The average molecular weight is 267 g/mol. The number of halogens is 3. The Labute approximate surface area is 100 Å². The third kappa shape index (κ3) is 4.00. The predicted octanol–water partition coefficient (Wildman–Crippen LogP) is -0.629. The van der Waals surface area contributed by atoms with Crippen LogP contribution in [-0.2, 0) is 17.5 Å². The van der Waals surface area contributed by atoms with E-state index in [2.05, 4.69) is 10.4 Å². The summed E-state index contributed by atoms with van der Waals surface area (Å²) in [6.07, 6.45) is -3.53. The molecule has 1 aromatic rings. The van der Waals surface area contributed by atoms with Crippen molar-refractivity contribution < 1.29 is 28.2 Å². The van der Waals surface area contributed by atoms with Gasteiger partial charge in [-0.3, -0.25) is 9.48 Å². The number of nitrogens with zero attached hydrogens (tertiary/aromatic N) is 2. The molecule has 0 fully saturated rings. The van der Waals surface area contributed by atoms with Gasteiger partial charge in [-0.2, -0.15) is 18.3 Å². The zero-order valence-corrected chi connectivity index (χ0v) is 9.18. The van der Waals surface area contributed by atoms with Crippen LogP contribution in [0.3, 0.4) is 0 Å². The van der Waals surface area contributed by atoms with E-state index in [9.17, 15) is 18.0 Å². The van der Waals surface area contributed by atoms with E-state index in [1.807, 2.05) is 0 Å². The topological polar surface area (TPSA) is 87.4 Å². The normalized spacial score (nSPS) is 11.9. The molecule has 1 rings (SSSR count). The molecule has 0 saturated heterocycles. The maximum atomic E-state index is 12.2. The zero-order chi connectivity index (χ0) is 13.8. The monoisotopic (exact) mass is 267 g/mol. The Morgan fingerprint density at radius 1 is 1.44 bits per heavy atom. The van der Waals surface area contributed by atoms with Crippen molar-refractivity contribution in [3.05, 3.63) is 18.0 Å². The highest BCUT2D eigenvalue weighted by molar-refractivity contribution is 5.75. The van der Waals surface area contributed by atoms with Crippen LogP contribution in [0.25, 0.3) is 0 Å².